The van der Waals surface area contributed by atoms with Gasteiger partial charge in [-0.15, -0.1) is 0 Å². The third kappa shape index (κ3) is 5.51. The summed E-state index contributed by atoms with van der Waals surface area (Å²) in [4.78, 5) is 35.0. The highest BCUT2D eigenvalue weighted by atomic mass is 16.6. The van der Waals surface area contributed by atoms with Crippen LogP contribution >= 0.6 is 0 Å². The van der Waals surface area contributed by atoms with E-state index in [1.54, 1.807) is 54.6 Å². The van der Waals surface area contributed by atoms with Crippen molar-refractivity contribution in [1.29, 1.82) is 0 Å². The van der Waals surface area contributed by atoms with Gasteiger partial charge in [0.05, 0.1) is 23.8 Å². The van der Waals surface area contributed by atoms with Crippen LogP contribution in [0.5, 0.6) is 11.5 Å². The first-order valence-electron chi connectivity index (χ1n) is 9.01. The molecule has 3 aromatic carbocycles. The molecule has 0 saturated carbocycles. The minimum absolute atomic E-state index is 0.196. The minimum atomic E-state index is -0.711. The van der Waals surface area contributed by atoms with Gasteiger partial charge in [-0.2, -0.15) is 5.10 Å². The number of hydrogen-bond acceptors (Lipinski definition) is 7. The van der Waals surface area contributed by atoms with Crippen LogP contribution < -0.4 is 14.9 Å². The summed E-state index contributed by atoms with van der Waals surface area (Å²) in [5.41, 5.74) is 2.90. The van der Waals surface area contributed by atoms with Gasteiger partial charge in [-0.1, -0.05) is 18.2 Å². The maximum atomic E-state index is 12.2. The Hall–Kier alpha value is -4.53. The lowest BCUT2D eigenvalue weighted by Crippen LogP contribution is -2.17. The fourth-order valence-electron chi connectivity index (χ4n) is 2.55. The van der Waals surface area contributed by atoms with Crippen molar-refractivity contribution in [2.24, 2.45) is 5.10 Å². The normalized spacial score (nSPS) is 10.5. The first-order valence-corrected chi connectivity index (χ1v) is 9.01. The molecule has 0 aromatic heterocycles. The quantitative estimate of drug-likeness (QED) is 0.205. The van der Waals surface area contributed by atoms with Crippen LogP contribution in [0.1, 0.15) is 26.3 Å². The molecule has 0 saturated heterocycles. The van der Waals surface area contributed by atoms with E-state index < -0.39 is 22.5 Å². The Kier molecular flexibility index (Phi) is 6.69. The molecular weight excluding hydrogens is 402 g/mol. The molecule has 0 aliphatic rings. The van der Waals surface area contributed by atoms with E-state index in [-0.39, 0.29) is 11.3 Å². The number of carbonyl (C=O) groups is 2. The highest BCUT2D eigenvalue weighted by Crippen LogP contribution is 2.28. The third-order valence-electron chi connectivity index (χ3n) is 4.12. The Bertz CT molecular complexity index is 1130. The number of methoxy groups -OCH3 is 1. The monoisotopic (exact) mass is 419 g/mol. The molecule has 3 aromatic rings. The maximum Gasteiger partial charge on any atom is 0.343 e. The number of ether oxygens (including phenoxy) is 2. The van der Waals surface area contributed by atoms with E-state index in [9.17, 15) is 19.7 Å². The second-order valence-electron chi connectivity index (χ2n) is 6.17. The minimum Gasteiger partial charge on any atom is -0.497 e. The molecule has 0 bridgehead atoms. The Morgan fingerprint density at radius 1 is 1.00 bits per heavy atom. The number of hydrazone groups is 1. The smallest absolute Gasteiger partial charge is 0.343 e. The van der Waals surface area contributed by atoms with Crippen LogP contribution in [0.3, 0.4) is 0 Å². The molecule has 0 atom stereocenters. The molecule has 3 rings (SSSR count). The second kappa shape index (κ2) is 9.79. The van der Waals surface area contributed by atoms with E-state index >= 15 is 0 Å². The zero-order valence-electron chi connectivity index (χ0n) is 16.3. The second-order valence-corrected chi connectivity index (χ2v) is 6.17. The van der Waals surface area contributed by atoms with Crippen LogP contribution in [0.15, 0.2) is 77.9 Å². The maximum absolute atomic E-state index is 12.2. The number of esters is 1. The van der Waals surface area contributed by atoms with Gasteiger partial charge in [0.15, 0.2) is 0 Å². The standard InChI is InChI=1S/C22H17N3O6/c1-30-18-10-8-16(9-11-18)21(26)24-23-14-15-7-12-20(19(13-15)25(28)29)31-22(27)17-5-3-2-4-6-17/h2-14H,1H3,(H,24,26). The van der Waals surface area contributed by atoms with Gasteiger partial charge in [0, 0.05) is 17.2 Å². The van der Waals surface area contributed by atoms with Gasteiger partial charge in [-0.3, -0.25) is 14.9 Å². The van der Waals surface area contributed by atoms with E-state index in [1.165, 1.54) is 31.5 Å². The van der Waals surface area contributed by atoms with Crippen LogP contribution in [0.2, 0.25) is 0 Å². The number of hydrogen-bond donors (Lipinski definition) is 1. The Labute approximate surface area is 177 Å². The van der Waals surface area contributed by atoms with Crippen LogP contribution in [-0.2, 0) is 0 Å². The van der Waals surface area contributed by atoms with Gasteiger partial charge in [-0.25, -0.2) is 10.2 Å². The molecule has 31 heavy (non-hydrogen) atoms. The molecule has 0 heterocycles. The van der Waals surface area contributed by atoms with Crippen molar-refractivity contribution in [3.8, 4) is 11.5 Å². The number of carbonyl (C=O) groups excluding carboxylic acids is 2. The molecule has 0 fully saturated rings. The number of nitro groups is 1. The number of nitrogens with zero attached hydrogens (tertiary/aromatic N) is 2. The van der Waals surface area contributed by atoms with Crippen LogP contribution in [0.25, 0.3) is 0 Å². The molecule has 0 aliphatic carbocycles. The molecule has 9 heteroatoms. The lowest BCUT2D eigenvalue weighted by Gasteiger charge is -2.06. The zero-order chi connectivity index (χ0) is 22.2. The average Bonchev–Trinajstić information content (AvgIpc) is 2.80. The van der Waals surface area contributed by atoms with E-state index in [0.717, 1.165) is 0 Å². The van der Waals surface area contributed by atoms with E-state index in [4.69, 9.17) is 9.47 Å². The summed E-state index contributed by atoms with van der Waals surface area (Å²) in [7, 11) is 1.52. The molecule has 1 amide bonds. The summed E-state index contributed by atoms with van der Waals surface area (Å²) < 4.78 is 10.2. The SMILES string of the molecule is COc1ccc(C(=O)NN=Cc2ccc(OC(=O)c3ccccc3)c([N+](=O)[O-])c2)cc1. The van der Waals surface area contributed by atoms with Crippen LogP contribution in [0.4, 0.5) is 5.69 Å². The molecule has 0 unspecified atom stereocenters. The van der Waals surface area contributed by atoms with E-state index in [0.29, 0.717) is 16.9 Å². The molecule has 0 radical (unpaired) electrons. The Morgan fingerprint density at radius 2 is 1.71 bits per heavy atom. The first kappa shape index (κ1) is 21.2. The number of rotatable bonds is 7. The van der Waals surface area contributed by atoms with Crippen molar-refractivity contribution >= 4 is 23.8 Å². The van der Waals surface area contributed by atoms with Crippen molar-refractivity contribution in [3.05, 3.63) is 99.6 Å². The lowest BCUT2D eigenvalue weighted by molar-refractivity contribution is -0.385. The zero-order valence-corrected chi connectivity index (χ0v) is 16.3. The number of nitro benzene ring substituents is 1. The van der Waals surface area contributed by atoms with Crippen molar-refractivity contribution < 1.29 is 24.0 Å². The molecule has 9 nitrogen and oxygen atoms in total. The Morgan fingerprint density at radius 3 is 2.35 bits per heavy atom. The van der Waals surface area contributed by atoms with Gasteiger partial charge in [0.1, 0.15) is 5.75 Å². The highest BCUT2D eigenvalue weighted by molar-refractivity contribution is 5.95. The highest BCUT2D eigenvalue weighted by Gasteiger charge is 2.19. The Balaban J connectivity index is 1.70. The van der Waals surface area contributed by atoms with E-state index in [2.05, 4.69) is 10.5 Å². The van der Waals surface area contributed by atoms with E-state index in [1.807, 2.05) is 0 Å². The molecule has 1 N–H and O–H groups in total. The first-order chi connectivity index (χ1) is 15.0. The fourth-order valence-corrected chi connectivity index (χ4v) is 2.55. The van der Waals surface area contributed by atoms with Crippen molar-refractivity contribution in [3.63, 3.8) is 0 Å². The van der Waals surface area contributed by atoms with Gasteiger partial charge in [0.2, 0.25) is 5.75 Å². The van der Waals surface area contributed by atoms with Gasteiger partial charge in [-0.05, 0) is 48.5 Å². The average molecular weight is 419 g/mol. The van der Waals surface area contributed by atoms with Crippen molar-refractivity contribution in [2.45, 2.75) is 0 Å². The topological polar surface area (TPSA) is 120 Å². The number of benzene rings is 3. The van der Waals surface area contributed by atoms with Crippen LogP contribution in [0, 0.1) is 10.1 Å². The summed E-state index contributed by atoms with van der Waals surface area (Å²) in [5.74, 6) is -0.752. The largest absolute Gasteiger partial charge is 0.497 e. The molecule has 156 valence electrons. The van der Waals surface area contributed by atoms with Crippen molar-refractivity contribution in [1.82, 2.24) is 5.43 Å². The molecular formula is C22H17N3O6. The van der Waals surface area contributed by atoms with Gasteiger partial charge >= 0.3 is 11.7 Å². The summed E-state index contributed by atoms with van der Waals surface area (Å²) in [6, 6.07) is 18.5. The third-order valence-corrected chi connectivity index (χ3v) is 4.12. The lowest BCUT2D eigenvalue weighted by atomic mass is 10.2. The summed E-state index contributed by atoms with van der Waals surface area (Å²) in [5, 5.41) is 15.2. The summed E-state index contributed by atoms with van der Waals surface area (Å²) in [6.45, 7) is 0. The molecule has 0 spiro atoms. The van der Waals surface area contributed by atoms with Crippen LogP contribution in [-0.4, -0.2) is 30.1 Å². The number of nitrogens with one attached hydrogen (secondary N) is 1. The van der Waals surface area contributed by atoms with Gasteiger partial charge in [0.25, 0.3) is 5.91 Å². The van der Waals surface area contributed by atoms with Crippen molar-refractivity contribution in [2.75, 3.05) is 7.11 Å². The fraction of sp³-hybridized carbons (Fsp3) is 0.0455. The predicted molar refractivity (Wildman–Crippen MR) is 113 cm³/mol. The molecule has 0 aliphatic heterocycles. The summed E-state index contributed by atoms with van der Waals surface area (Å²) in [6.07, 6.45) is 1.25. The van der Waals surface area contributed by atoms with Gasteiger partial charge < -0.3 is 9.47 Å². The number of amides is 1. The summed E-state index contributed by atoms with van der Waals surface area (Å²) >= 11 is 0. The predicted octanol–water partition coefficient (Wildman–Crippen LogP) is 3.59.